The van der Waals surface area contributed by atoms with Crippen molar-refractivity contribution >= 4 is 29.9 Å². The summed E-state index contributed by atoms with van der Waals surface area (Å²) in [7, 11) is 0. The third kappa shape index (κ3) is 7.32. The van der Waals surface area contributed by atoms with Crippen LogP contribution in [0.2, 0.25) is 0 Å². The average molecular weight is 482 g/mol. The van der Waals surface area contributed by atoms with Crippen molar-refractivity contribution < 1.29 is 13.5 Å². The van der Waals surface area contributed by atoms with Gasteiger partial charge in [0.05, 0.1) is 19.8 Å². The Morgan fingerprint density at radius 3 is 2.50 bits per heavy atom. The molecule has 1 aliphatic rings. The molecule has 0 aliphatic carbocycles. The number of hydrogen-bond donors (Lipinski definition) is 2. The maximum absolute atomic E-state index is 13.7. The second-order valence-corrected chi connectivity index (χ2v) is 6.09. The largest absolute Gasteiger partial charge is 0.379 e. The zero-order valence-corrected chi connectivity index (χ0v) is 17.8. The van der Waals surface area contributed by atoms with E-state index in [1.807, 2.05) is 6.92 Å². The predicted molar refractivity (Wildman–Crippen MR) is 111 cm³/mol. The summed E-state index contributed by atoms with van der Waals surface area (Å²) in [6.45, 7) is 9.30. The van der Waals surface area contributed by atoms with Crippen LogP contribution in [0.1, 0.15) is 19.4 Å². The first kappa shape index (κ1) is 23.0. The van der Waals surface area contributed by atoms with Crippen LogP contribution in [0.15, 0.2) is 23.2 Å². The average Bonchev–Trinajstić information content (AvgIpc) is 2.62. The monoisotopic (exact) mass is 482 g/mol. The van der Waals surface area contributed by atoms with Crippen LogP contribution in [0, 0.1) is 11.6 Å². The highest BCUT2D eigenvalue weighted by molar-refractivity contribution is 14.0. The number of nitrogens with zero attached hydrogens (tertiary/aromatic N) is 2. The minimum atomic E-state index is -0.510. The van der Waals surface area contributed by atoms with Crippen molar-refractivity contribution in [1.82, 2.24) is 15.5 Å². The molecule has 1 fully saturated rings. The number of morpholine rings is 1. The molecule has 1 aliphatic heterocycles. The van der Waals surface area contributed by atoms with E-state index < -0.39 is 11.6 Å². The van der Waals surface area contributed by atoms with E-state index in [1.54, 1.807) is 0 Å². The van der Waals surface area contributed by atoms with Gasteiger partial charge in [0.25, 0.3) is 0 Å². The fraction of sp³-hybridized carbons (Fsp3) is 0.611. The number of hydrogen-bond acceptors (Lipinski definition) is 3. The summed E-state index contributed by atoms with van der Waals surface area (Å²) in [5, 5.41) is 6.31. The fourth-order valence-electron chi connectivity index (χ4n) is 2.78. The molecule has 0 spiro atoms. The molecule has 1 saturated heterocycles. The van der Waals surface area contributed by atoms with E-state index in [0.29, 0.717) is 25.1 Å². The second-order valence-electron chi connectivity index (χ2n) is 6.09. The molecule has 1 unspecified atom stereocenters. The van der Waals surface area contributed by atoms with Gasteiger partial charge in [0, 0.05) is 37.8 Å². The molecule has 0 saturated carbocycles. The van der Waals surface area contributed by atoms with Gasteiger partial charge < -0.3 is 15.4 Å². The topological polar surface area (TPSA) is 48.9 Å². The molecule has 0 amide bonds. The highest BCUT2D eigenvalue weighted by Crippen LogP contribution is 2.12. The molecule has 5 nitrogen and oxygen atoms in total. The van der Waals surface area contributed by atoms with E-state index in [0.717, 1.165) is 32.8 Å². The highest BCUT2D eigenvalue weighted by Gasteiger charge is 2.16. The first-order valence-corrected chi connectivity index (χ1v) is 8.88. The second kappa shape index (κ2) is 12.4. The molecule has 1 aromatic carbocycles. The predicted octanol–water partition coefficient (Wildman–Crippen LogP) is 2.40. The minimum absolute atomic E-state index is 0. The number of rotatable bonds is 7. The van der Waals surface area contributed by atoms with E-state index in [-0.39, 0.29) is 36.0 Å². The highest BCUT2D eigenvalue weighted by atomic mass is 127. The van der Waals surface area contributed by atoms with E-state index in [9.17, 15) is 8.78 Å². The quantitative estimate of drug-likeness (QED) is 0.356. The summed E-state index contributed by atoms with van der Waals surface area (Å²) in [4.78, 5) is 6.94. The Morgan fingerprint density at radius 2 is 1.88 bits per heavy atom. The van der Waals surface area contributed by atoms with Crippen LogP contribution in [0.4, 0.5) is 8.78 Å². The first-order chi connectivity index (χ1) is 12.1. The number of aliphatic imine (C=N–C) groups is 1. The van der Waals surface area contributed by atoms with Crippen LogP contribution in [0.25, 0.3) is 0 Å². The van der Waals surface area contributed by atoms with Gasteiger partial charge in [0.1, 0.15) is 11.6 Å². The number of ether oxygens (including phenoxy) is 1. The Kier molecular flexibility index (Phi) is 11.0. The molecule has 2 rings (SSSR count). The van der Waals surface area contributed by atoms with Gasteiger partial charge in [-0.2, -0.15) is 0 Å². The van der Waals surface area contributed by atoms with Crippen molar-refractivity contribution in [2.24, 2.45) is 4.99 Å². The Labute approximate surface area is 171 Å². The lowest BCUT2D eigenvalue weighted by atomic mass is 10.1. The lowest BCUT2D eigenvalue weighted by Crippen LogP contribution is -2.44. The molecule has 2 N–H and O–H groups in total. The third-order valence-electron chi connectivity index (χ3n) is 4.26. The van der Waals surface area contributed by atoms with Crippen LogP contribution in [-0.4, -0.2) is 62.8 Å². The Bertz CT molecular complexity index is 548. The van der Waals surface area contributed by atoms with Gasteiger partial charge in [-0.25, -0.2) is 8.78 Å². The summed E-state index contributed by atoms with van der Waals surface area (Å²) in [5.74, 6) is -0.353. The molecule has 0 aromatic heterocycles. The molecular weight excluding hydrogens is 453 g/mol. The molecule has 26 heavy (non-hydrogen) atoms. The Balaban J connectivity index is 0.00000338. The number of benzene rings is 1. The van der Waals surface area contributed by atoms with Gasteiger partial charge >= 0.3 is 0 Å². The smallest absolute Gasteiger partial charge is 0.191 e. The lowest BCUT2D eigenvalue weighted by Gasteiger charge is -2.31. The van der Waals surface area contributed by atoms with Crippen LogP contribution in [0.3, 0.4) is 0 Å². The van der Waals surface area contributed by atoms with Crippen LogP contribution in [0.5, 0.6) is 0 Å². The summed E-state index contributed by atoms with van der Waals surface area (Å²) in [6, 6.07) is 4.26. The van der Waals surface area contributed by atoms with Crippen molar-refractivity contribution in [3.63, 3.8) is 0 Å². The van der Waals surface area contributed by atoms with Gasteiger partial charge in [-0.3, -0.25) is 9.89 Å². The van der Waals surface area contributed by atoms with Gasteiger partial charge in [0.15, 0.2) is 5.96 Å². The molecule has 148 valence electrons. The van der Waals surface area contributed by atoms with Crippen molar-refractivity contribution in [3.8, 4) is 0 Å². The molecule has 1 atom stereocenters. The van der Waals surface area contributed by atoms with Gasteiger partial charge in [-0.1, -0.05) is 6.07 Å². The number of halogens is 3. The Hall–Kier alpha value is -1.000. The van der Waals surface area contributed by atoms with Crippen LogP contribution in [-0.2, 0) is 11.2 Å². The third-order valence-corrected chi connectivity index (χ3v) is 4.26. The molecule has 1 heterocycles. The molecule has 1 aromatic rings. The first-order valence-electron chi connectivity index (χ1n) is 8.88. The summed E-state index contributed by atoms with van der Waals surface area (Å²) in [5.41, 5.74) is 0.104. The molecule has 0 radical (unpaired) electrons. The molecular formula is C18H29F2IN4O. The van der Waals surface area contributed by atoms with Gasteiger partial charge in [-0.15, -0.1) is 24.0 Å². The molecule has 8 heteroatoms. The van der Waals surface area contributed by atoms with Crippen LogP contribution >= 0.6 is 24.0 Å². The van der Waals surface area contributed by atoms with Crippen molar-refractivity contribution in [2.75, 3.05) is 45.9 Å². The summed E-state index contributed by atoms with van der Waals surface area (Å²) in [6.07, 6.45) is 0.266. The van der Waals surface area contributed by atoms with Gasteiger partial charge in [0.2, 0.25) is 0 Å². The van der Waals surface area contributed by atoms with E-state index in [2.05, 4.69) is 27.4 Å². The zero-order chi connectivity index (χ0) is 18.1. The van der Waals surface area contributed by atoms with Crippen molar-refractivity contribution in [1.29, 1.82) is 0 Å². The maximum atomic E-state index is 13.7. The standard InChI is InChI=1S/C18H28F2N4O.HI/c1-3-21-18(23-13-14(2)24-9-11-25-12-10-24)22-8-7-15-16(19)5-4-6-17(15)20;/h4-6,14H,3,7-13H2,1-2H3,(H2,21,22,23);1H. The van der Waals surface area contributed by atoms with Crippen LogP contribution < -0.4 is 10.6 Å². The van der Waals surface area contributed by atoms with E-state index >= 15 is 0 Å². The van der Waals surface area contributed by atoms with Crippen molar-refractivity contribution in [3.05, 3.63) is 35.4 Å². The van der Waals surface area contributed by atoms with E-state index in [4.69, 9.17) is 4.74 Å². The van der Waals surface area contributed by atoms with E-state index in [1.165, 1.54) is 18.2 Å². The lowest BCUT2D eigenvalue weighted by molar-refractivity contribution is 0.0220. The fourth-order valence-corrected chi connectivity index (χ4v) is 2.78. The summed E-state index contributed by atoms with van der Waals surface area (Å²) < 4.78 is 32.7. The minimum Gasteiger partial charge on any atom is -0.379 e. The Morgan fingerprint density at radius 1 is 1.23 bits per heavy atom. The van der Waals surface area contributed by atoms with Gasteiger partial charge in [-0.05, 0) is 32.4 Å². The number of nitrogens with one attached hydrogen (secondary N) is 2. The maximum Gasteiger partial charge on any atom is 0.191 e. The molecule has 0 bridgehead atoms. The SMILES string of the molecule is CCNC(=NCC(C)N1CCOCC1)NCCc1c(F)cccc1F.I. The zero-order valence-electron chi connectivity index (χ0n) is 15.4. The normalized spacial score (nSPS) is 16.7. The van der Waals surface area contributed by atoms with Crippen molar-refractivity contribution in [2.45, 2.75) is 26.3 Å². The summed E-state index contributed by atoms with van der Waals surface area (Å²) >= 11 is 0. The number of guanidine groups is 1.